The molecule has 0 unspecified atom stereocenters. The van der Waals surface area contributed by atoms with Crippen molar-refractivity contribution in [3.05, 3.63) is 46.5 Å². The zero-order chi connectivity index (χ0) is 16.4. The highest BCUT2D eigenvalue weighted by atomic mass is 16.6. The Bertz CT molecular complexity index is 758. The quantitative estimate of drug-likeness (QED) is 0.427. The van der Waals surface area contributed by atoms with Gasteiger partial charge in [-0.2, -0.15) is 0 Å². The first-order valence-electron chi connectivity index (χ1n) is 7.07. The van der Waals surface area contributed by atoms with Crippen molar-refractivity contribution in [1.29, 1.82) is 0 Å². The van der Waals surface area contributed by atoms with Crippen LogP contribution in [0.4, 0.5) is 11.4 Å². The van der Waals surface area contributed by atoms with E-state index < -0.39 is 34.4 Å². The monoisotopic (exact) mass is 315 g/mol. The van der Waals surface area contributed by atoms with Gasteiger partial charge in [-0.1, -0.05) is 12.2 Å². The van der Waals surface area contributed by atoms with Crippen molar-refractivity contribution < 1.29 is 24.4 Å². The largest absolute Gasteiger partial charge is 0.550 e. The fourth-order valence-electron chi connectivity index (χ4n) is 3.74. The topological polar surface area (TPSA) is 113 Å². The van der Waals surface area contributed by atoms with Crippen molar-refractivity contribution >= 4 is 23.3 Å². The highest BCUT2D eigenvalue weighted by molar-refractivity contribution is 6.02. The van der Waals surface area contributed by atoms with E-state index in [2.05, 4.69) is 0 Å². The Labute approximate surface area is 130 Å². The number of rotatable bonds is 3. The average Bonchev–Trinajstić information content (AvgIpc) is 3.15. The number of non-ortho nitro benzene ring substituents is 1. The van der Waals surface area contributed by atoms with Crippen LogP contribution in [0.15, 0.2) is 36.4 Å². The van der Waals surface area contributed by atoms with E-state index in [1.165, 1.54) is 29.2 Å². The number of hydrogen-bond acceptors (Lipinski definition) is 6. The summed E-state index contributed by atoms with van der Waals surface area (Å²) in [6, 6.07) is 5.55. The Balaban J connectivity index is 1.69. The van der Waals surface area contributed by atoms with Crippen molar-refractivity contribution in [2.75, 3.05) is 11.4 Å². The minimum absolute atomic E-state index is 0.0801. The van der Waals surface area contributed by atoms with Gasteiger partial charge in [0, 0.05) is 29.7 Å². The lowest BCUT2D eigenvalue weighted by atomic mass is 9.77. The summed E-state index contributed by atoms with van der Waals surface area (Å²) in [4.78, 5) is 35.7. The molecule has 0 radical (unpaired) electrons. The van der Waals surface area contributed by atoms with Crippen molar-refractivity contribution in [3.63, 3.8) is 0 Å². The number of fused-ring (bicyclic) bond motifs is 1. The van der Waals surface area contributed by atoms with Crippen LogP contribution in [-0.2, 0) is 14.3 Å². The second kappa shape index (κ2) is 4.39. The van der Waals surface area contributed by atoms with E-state index in [0.29, 0.717) is 5.69 Å². The number of anilines is 1. The standard InChI is InChI=1S/C15H12N2O6/c18-13-12-11(14(19)20)10-5-6-15(12,23-10)7-16(13)8-1-3-9(4-2-8)17(21)22/h1-6,10-12H,7H2,(H,19,20)/p-1/t10-,11-,12+,15-/m0/s1. The van der Waals surface area contributed by atoms with Crippen LogP contribution in [0.5, 0.6) is 0 Å². The van der Waals surface area contributed by atoms with Gasteiger partial charge >= 0.3 is 0 Å². The number of nitro groups is 1. The molecule has 0 aliphatic carbocycles. The van der Waals surface area contributed by atoms with E-state index in [0.717, 1.165) is 0 Å². The van der Waals surface area contributed by atoms with Crippen LogP contribution < -0.4 is 10.0 Å². The summed E-state index contributed by atoms with van der Waals surface area (Å²) in [6.45, 7) is 0.186. The summed E-state index contributed by atoms with van der Waals surface area (Å²) >= 11 is 0. The normalized spacial score (nSPS) is 34.0. The second-order valence-corrected chi connectivity index (χ2v) is 5.92. The summed E-state index contributed by atoms with van der Waals surface area (Å²) in [5.74, 6) is -3.49. The lowest BCUT2D eigenvalue weighted by molar-refractivity contribution is -0.384. The Hall–Kier alpha value is -2.74. The maximum absolute atomic E-state index is 12.7. The van der Waals surface area contributed by atoms with Crippen molar-refractivity contribution in [1.82, 2.24) is 0 Å². The molecule has 8 heteroatoms. The van der Waals surface area contributed by atoms with Crippen LogP contribution in [-0.4, -0.2) is 35.0 Å². The molecule has 8 nitrogen and oxygen atoms in total. The Morgan fingerprint density at radius 2 is 2.04 bits per heavy atom. The van der Waals surface area contributed by atoms with Gasteiger partial charge < -0.3 is 19.5 Å². The number of carboxylic acids is 1. The third-order valence-electron chi connectivity index (χ3n) is 4.74. The molecule has 0 aromatic heterocycles. The van der Waals surface area contributed by atoms with Crippen molar-refractivity contribution in [2.45, 2.75) is 11.7 Å². The third-order valence-corrected chi connectivity index (χ3v) is 4.74. The molecular formula is C15H11N2O6-. The molecule has 2 bridgehead atoms. The SMILES string of the molecule is O=C([O-])[C@H]1[C@@H]2C=C[C@@]3(CN(c4ccc([N+](=O)[O-])cc4)C(=O)[C@@H]13)O2. The molecule has 1 spiro atoms. The minimum Gasteiger partial charge on any atom is -0.550 e. The number of nitro benzene ring substituents is 1. The van der Waals surface area contributed by atoms with Gasteiger partial charge in [0.15, 0.2) is 0 Å². The van der Waals surface area contributed by atoms with Gasteiger partial charge in [-0.05, 0) is 12.1 Å². The van der Waals surface area contributed by atoms with E-state index in [1.807, 2.05) is 0 Å². The molecule has 3 aliphatic rings. The molecule has 1 amide bonds. The van der Waals surface area contributed by atoms with Gasteiger partial charge in [0.25, 0.3) is 5.69 Å². The van der Waals surface area contributed by atoms with Crippen molar-refractivity contribution in [2.24, 2.45) is 11.8 Å². The van der Waals surface area contributed by atoms with E-state index in [4.69, 9.17) is 4.74 Å². The summed E-state index contributed by atoms with van der Waals surface area (Å²) in [5.41, 5.74) is -0.556. The molecule has 2 fully saturated rings. The van der Waals surface area contributed by atoms with Crippen LogP contribution in [0.1, 0.15) is 0 Å². The minimum atomic E-state index is -1.30. The van der Waals surface area contributed by atoms with Gasteiger partial charge in [0.2, 0.25) is 5.91 Å². The smallest absolute Gasteiger partial charge is 0.269 e. The van der Waals surface area contributed by atoms with Gasteiger partial charge in [-0.25, -0.2) is 0 Å². The predicted molar refractivity (Wildman–Crippen MR) is 74.2 cm³/mol. The Morgan fingerprint density at radius 3 is 2.65 bits per heavy atom. The Kier molecular flexibility index (Phi) is 2.65. The zero-order valence-electron chi connectivity index (χ0n) is 11.7. The van der Waals surface area contributed by atoms with Crippen LogP contribution in [0, 0.1) is 22.0 Å². The Morgan fingerprint density at radius 1 is 1.35 bits per heavy atom. The third kappa shape index (κ3) is 1.75. The number of nitrogens with zero attached hydrogens (tertiary/aromatic N) is 2. The highest BCUT2D eigenvalue weighted by Crippen LogP contribution is 2.52. The summed E-state index contributed by atoms with van der Waals surface area (Å²) < 4.78 is 5.74. The van der Waals surface area contributed by atoms with Crippen LogP contribution in [0.2, 0.25) is 0 Å². The molecule has 3 aliphatic heterocycles. The fourth-order valence-corrected chi connectivity index (χ4v) is 3.74. The summed E-state index contributed by atoms with van der Waals surface area (Å²) in [5, 5.41) is 22.1. The fraction of sp³-hybridized carbons (Fsp3) is 0.333. The van der Waals surface area contributed by atoms with E-state index in [9.17, 15) is 24.8 Å². The lowest BCUT2D eigenvalue weighted by Gasteiger charge is -2.24. The molecular weight excluding hydrogens is 304 g/mol. The van der Waals surface area contributed by atoms with Crippen LogP contribution >= 0.6 is 0 Å². The maximum atomic E-state index is 12.7. The highest BCUT2D eigenvalue weighted by Gasteiger charge is 2.65. The maximum Gasteiger partial charge on any atom is 0.269 e. The number of benzene rings is 1. The predicted octanol–water partition coefficient (Wildman–Crippen LogP) is -0.369. The second-order valence-electron chi connectivity index (χ2n) is 5.92. The average molecular weight is 315 g/mol. The van der Waals surface area contributed by atoms with Crippen LogP contribution in [0.25, 0.3) is 0 Å². The van der Waals surface area contributed by atoms with E-state index >= 15 is 0 Å². The molecule has 1 aromatic carbocycles. The van der Waals surface area contributed by atoms with Crippen molar-refractivity contribution in [3.8, 4) is 0 Å². The van der Waals surface area contributed by atoms with Gasteiger partial charge in [0.05, 0.1) is 23.5 Å². The molecule has 4 rings (SSSR count). The number of carbonyl (C=O) groups excluding carboxylic acids is 2. The van der Waals surface area contributed by atoms with Gasteiger partial charge in [-0.3, -0.25) is 14.9 Å². The molecule has 0 N–H and O–H groups in total. The number of carboxylic acid groups (broad SMARTS) is 1. The lowest BCUT2D eigenvalue weighted by Crippen LogP contribution is -2.45. The molecule has 3 heterocycles. The molecule has 2 saturated heterocycles. The number of ether oxygens (including phenoxy) is 1. The number of hydrogen-bond donors (Lipinski definition) is 0. The van der Waals surface area contributed by atoms with Gasteiger partial charge in [-0.15, -0.1) is 0 Å². The molecule has 1 aromatic rings. The summed E-state index contributed by atoms with van der Waals surface area (Å²) in [7, 11) is 0. The van der Waals surface area contributed by atoms with Gasteiger partial charge in [0.1, 0.15) is 5.60 Å². The summed E-state index contributed by atoms with van der Waals surface area (Å²) in [6.07, 6.45) is 2.77. The zero-order valence-corrected chi connectivity index (χ0v) is 11.7. The van der Waals surface area contributed by atoms with Crippen LogP contribution in [0.3, 0.4) is 0 Å². The van der Waals surface area contributed by atoms with E-state index in [1.54, 1.807) is 12.2 Å². The number of amides is 1. The first kappa shape index (κ1) is 13.9. The molecule has 4 atom stereocenters. The van der Waals surface area contributed by atoms with E-state index in [-0.39, 0.29) is 18.1 Å². The molecule has 118 valence electrons. The number of carbonyl (C=O) groups is 2. The molecule has 0 saturated carbocycles. The first-order chi connectivity index (χ1) is 10.9. The molecule has 23 heavy (non-hydrogen) atoms. The number of aliphatic carboxylic acids is 1. The first-order valence-corrected chi connectivity index (χ1v) is 7.07.